The average Bonchev–Trinajstić information content (AvgIpc) is 2.98. The monoisotopic (exact) mass is 343 g/mol. The number of halogens is 3. The van der Waals surface area contributed by atoms with Crippen LogP contribution in [0.1, 0.15) is 18.8 Å². The summed E-state index contributed by atoms with van der Waals surface area (Å²) < 4.78 is 46.4. The molecule has 10 heteroatoms. The Morgan fingerprint density at radius 3 is 2.83 bits per heavy atom. The molecule has 130 valence electrons. The number of ether oxygens (including phenoxy) is 1. The van der Waals surface area contributed by atoms with E-state index in [0.29, 0.717) is 31.1 Å². The minimum Gasteiger partial charge on any atom is -0.383 e. The number of amides is 2. The van der Waals surface area contributed by atoms with E-state index in [0.717, 1.165) is 0 Å². The third kappa shape index (κ3) is 4.22. The number of nitrogens with one attached hydrogen (secondary N) is 2. The standard InChI is InChI=1S/C14H16F3N5O2/c1-8(13-21-18-7-22(13)3-4-24-2)19-14(23)20-11-6-9(15)5-10(16)12(11)17/h5-8H,3-4H2,1-2H3,(H2,19,20,23). The number of rotatable bonds is 6. The molecule has 1 atom stereocenters. The Bertz CT molecular complexity index is 722. The Labute approximate surface area is 135 Å². The normalized spacial score (nSPS) is 12.0. The van der Waals surface area contributed by atoms with Crippen LogP contribution in [0.15, 0.2) is 18.5 Å². The van der Waals surface area contributed by atoms with Crippen molar-refractivity contribution in [3.8, 4) is 0 Å². The lowest BCUT2D eigenvalue weighted by Crippen LogP contribution is -2.33. The largest absolute Gasteiger partial charge is 0.383 e. The molecule has 2 aromatic rings. The van der Waals surface area contributed by atoms with Crippen molar-refractivity contribution in [2.75, 3.05) is 19.0 Å². The highest BCUT2D eigenvalue weighted by Crippen LogP contribution is 2.19. The first kappa shape index (κ1) is 17.7. The van der Waals surface area contributed by atoms with Crippen molar-refractivity contribution >= 4 is 11.7 Å². The molecule has 0 saturated carbocycles. The third-order valence-electron chi connectivity index (χ3n) is 3.16. The second-order valence-corrected chi connectivity index (χ2v) is 4.94. The summed E-state index contributed by atoms with van der Waals surface area (Å²) >= 11 is 0. The third-order valence-corrected chi connectivity index (χ3v) is 3.16. The summed E-state index contributed by atoms with van der Waals surface area (Å²) in [6, 6.07) is -0.346. The fraction of sp³-hybridized carbons (Fsp3) is 0.357. The zero-order valence-corrected chi connectivity index (χ0v) is 13.0. The molecule has 0 radical (unpaired) electrons. The number of urea groups is 1. The maximum absolute atomic E-state index is 13.5. The molecule has 0 aliphatic heterocycles. The predicted molar refractivity (Wildman–Crippen MR) is 78.8 cm³/mol. The summed E-state index contributed by atoms with van der Waals surface area (Å²) in [6.07, 6.45) is 1.48. The maximum atomic E-state index is 13.5. The van der Waals surface area contributed by atoms with Crippen LogP contribution in [0.2, 0.25) is 0 Å². The summed E-state index contributed by atoms with van der Waals surface area (Å²) in [5.41, 5.74) is -0.599. The minimum atomic E-state index is -1.39. The summed E-state index contributed by atoms with van der Waals surface area (Å²) in [5, 5.41) is 12.2. The van der Waals surface area contributed by atoms with Gasteiger partial charge in [0.15, 0.2) is 17.5 Å². The van der Waals surface area contributed by atoms with Crippen LogP contribution >= 0.6 is 0 Å². The smallest absolute Gasteiger partial charge is 0.319 e. The van der Waals surface area contributed by atoms with Gasteiger partial charge >= 0.3 is 6.03 Å². The zero-order chi connectivity index (χ0) is 17.7. The van der Waals surface area contributed by atoms with Crippen molar-refractivity contribution in [3.63, 3.8) is 0 Å². The van der Waals surface area contributed by atoms with Gasteiger partial charge in [0.25, 0.3) is 0 Å². The van der Waals surface area contributed by atoms with Crippen LogP contribution in [0.4, 0.5) is 23.7 Å². The number of benzene rings is 1. The molecule has 1 aromatic carbocycles. The maximum Gasteiger partial charge on any atom is 0.319 e. The molecule has 0 spiro atoms. The first-order valence-corrected chi connectivity index (χ1v) is 7.01. The van der Waals surface area contributed by atoms with E-state index in [1.807, 2.05) is 0 Å². The van der Waals surface area contributed by atoms with Crippen molar-refractivity contribution in [2.45, 2.75) is 19.5 Å². The van der Waals surface area contributed by atoms with Gasteiger partial charge in [0.05, 0.1) is 18.3 Å². The SMILES string of the molecule is COCCn1cnnc1C(C)NC(=O)Nc1cc(F)cc(F)c1F. The van der Waals surface area contributed by atoms with Gasteiger partial charge in [0, 0.05) is 25.8 Å². The lowest BCUT2D eigenvalue weighted by atomic mass is 10.3. The van der Waals surface area contributed by atoms with E-state index in [4.69, 9.17) is 4.74 Å². The van der Waals surface area contributed by atoms with Gasteiger partial charge in [-0.3, -0.25) is 0 Å². The molecule has 2 N–H and O–H groups in total. The van der Waals surface area contributed by atoms with Gasteiger partial charge in [0.1, 0.15) is 12.1 Å². The fourth-order valence-electron chi connectivity index (χ4n) is 2.03. The number of aromatic nitrogens is 3. The first-order valence-electron chi connectivity index (χ1n) is 7.01. The molecular formula is C14H16F3N5O2. The number of carbonyl (C=O) groups excluding carboxylic acids is 1. The number of anilines is 1. The number of carbonyl (C=O) groups is 1. The van der Waals surface area contributed by atoms with Gasteiger partial charge in [-0.2, -0.15) is 0 Å². The number of nitrogens with zero attached hydrogens (tertiary/aromatic N) is 3. The van der Waals surface area contributed by atoms with Gasteiger partial charge < -0.3 is 19.9 Å². The van der Waals surface area contributed by atoms with Crippen LogP contribution in [-0.2, 0) is 11.3 Å². The van der Waals surface area contributed by atoms with Gasteiger partial charge in [0.2, 0.25) is 0 Å². The second-order valence-electron chi connectivity index (χ2n) is 4.94. The Hall–Kier alpha value is -2.62. The molecular weight excluding hydrogens is 327 g/mol. The summed E-state index contributed by atoms with van der Waals surface area (Å²) in [7, 11) is 1.55. The number of hydrogen-bond acceptors (Lipinski definition) is 4. The molecule has 7 nitrogen and oxygen atoms in total. The topological polar surface area (TPSA) is 81.1 Å². The fourth-order valence-corrected chi connectivity index (χ4v) is 2.03. The summed E-state index contributed by atoms with van der Waals surface area (Å²) in [4.78, 5) is 11.9. The van der Waals surface area contributed by atoms with E-state index in [9.17, 15) is 18.0 Å². The molecule has 2 rings (SSSR count). The van der Waals surface area contributed by atoms with E-state index in [2.05, 4.69) is 20.8 Å². The molecule has 24 heavy (non-hydrogen) atoms. The van der Waals surface area contributed by atoms with Crippen LogP contribution in [0.5, 0.6) is 0 Å². The quantitative estimate of drug-likeness (QED) is 0.788. The molecule has 0 aliphatic carbocycles. The van der Waals surface area contributed by atoms with Crippen LogP contribution in [0, 0.1) is 17.5 Å². The van der Waals surface area contributed by atoms with Crippen LogP contribution in [0.25, 0.3) is 0 Å². The average molecular weight is 343 g/mol. The van der Waals surface area contributed by atoms with E-state index in [-0.39, 0.29) is 0 Å². The lowest BCUT2D eigenvalue weighted by Gasteiger charge is -2.15. The lowest BCUT2D eigenvalue weighted by molar-refractivity contribution is 0.185. The van der Waals surface area contributed by atoms with E-state index < -0.39 is 35.2 Å². The van der Waals surface area contributed by atoms with Crippen molar-refractivity contribution in [2.24, 2.45) is 0 Å². The van der Waals surface area contributed by atoms with Crippen molar-refractivity contribution in [1.29, 1.82) is 0 Å². The Balaban J connectivity index is 2.03. The van der Waals surface area contributed by atoms with Gasteiger partial charge in [-0.25, -0.2) is 18.0 Å². The first-order chi connectivity index (χ1) is 11.4. The minimum absolute atomic E-state index is 0.388. The molecule has 0 bridgehead atoms. The highest BCUT2D eigenvalue weighted by Gasteiger charge is 2.18. The van der Waals surface area contributed by atoms with Gasteiger partial charge in [-0.15, -0.1) is 10.2 Å². The highest BCUT2D eigenvalue weighted by molar-refractivity contribution is 5.89. The molecule has 1 unspecified atom stereocenters. The van der Waals surface area contributed by atoms with Crippen LogP contribution < -0.4 is 10.6 Å². The van der Waals surface area contributed by atoms with Crippen LogP contribution in [-0.4, -0.2) is 34.5 Å². The number of hydrogen-bond donors (Lipinski definition) is 2. The van der Waals surface area contributed by atoms with E-state index in [1.165, 1.54) is 6.33 Å². The van der Waals surface area contributed by atoms with Crippen molar-refractivity contribution < 1.29 is 22.7 Å². The Kier molecular flexibility index (Phi) is 5.74. The van der Waals surface area contributed by atoms with Gasteiger partial charge in [-0.1, -0.05) is 0 Å². The predicted octanol–water partition coefficient (Wildman–Crippen LogP) is 2.22. The molecule has 0 aliphatic rings. The number of methoxy groups -OCH3 is 1. The Morgan fingerprint density at radius 2 is 2.12 bits per heavy atom. The highest BCUT2D eigenvalue weighted by atomic mass is 19.2. The molecule has 1 heterocycles. The molecule has 1 aromatic heterocycles. The molecule has 0 fully saturated rings. The van der Waals surface area contributed by atoms with Crippen molar-refractivity contribution in [3.05, 3.63) is 41.7 Å². The Morgan fingerprint density at radius 1 is 1.38 bits per heavy atom. The van der Waals surface area contributed by atoms with Crippen LogP contribution in [0.3, 0.4) is 0 Å². The summed E-state index contributed by atoms with van der Waals surface area (Å²) in [5.74, 6) is -3.29. The van der Waals surface area contributed by atoms with Gasteiger partial charge in [-0.05, 0) is 6.92 Å². The zero-order valence-electron chi connectivity index (χ0n) is 13.0. The molecule has 0 saturated heterocycles. The van der Waals surface area contributed by atoms with Crippen molar-refractivity contribution in [1.82, 2.24) is 20.1 Å². The van der Waals surface area contributed by atoms with E-state index in [1.54, 1.807) is 18.6 Å². The summed E-state index contributed by atoms with van der Waals surface area (Å²) in [6.45, 7) is 2.54. The van der Waals surface area contributed by atoms with E-state index >= 15 is 0 Å². The second kappa shape index (κ2) is 7.77. The molecule has 2 amide bonds.